The summed E-state index contributed by atoms with van der Waals surface area (Å²) in [6.07, 6.45) is 6.37. The number of carbonyl (C=O) groups excluding carboxylic acids is 1. The molecule has 1 aliphatic rings. The van der Waals surface area contributed by atoms with E-state index in [9.17, 15) is 4.79 Å². The molecule has 0 spiro atoms. The second-order valence-electron chi connectivity index (χ2n) is 6.89. The molecule has 1 fully saturated rings. The molecule has 0 aliphatic heterocycles. The van der Waals surface area contributed by atoms with Gasteiger partial charge in [0.15, 0.2) is 0 Å². The van der Waals surface area contributed by atoms with Gasteiger partial charge in [0.1, 0.15) is 5.78 Å². The van der Waals surface area contributed by atoms with Gasteiger partial charge in [0.2, 0.25) is 0 Å². The van der Waals surface area contributed by atoms with Crippen LogP contribution in [0.15, 0.2) is 34.8 Å². The monoisotopic (exact) mass is 348 g/mol. The van der Waals surface area contributed by atoms with E-state index in [-0.39, 0.29) is 11.3 Å². The minimum absolute atomic E-state index is 0.0507. The highest BCUT2D eigenvalue weighted by Gasteiger charge is 2.44. The maximum absolute atomic E-state index is 12.9. The fourth-order valence-electron chi connectivity index (χ4n) is 3.11. The SMILES string of the molecule is CC(C)[C@]1(C)CC[C@@H](C)C(/C=C/c2ccc(Br)cc2)C1=O. The largest absolute Gasteiger partial charge is 0.298 e. The van der Waals surface area contributed by atoms with E-state index in [1.165, 1.54) is 0 Å². The summed E-state index contributed by atoms with van der Waals surface area (Å²) in [5.41, 5.74) is 0.983. The zero-order valence-corrected chi connectivity index (χ0v) is 15.0. The Bertz CT molecular complexity index is 529. The van der Waals surface area contributed by atoms with Crippen LogP contribution in [0.25, 0.3) is 6.08 Å². The molecule has 0 amide bonds. The third kappa shape index (κ3) is 3.48. The van der Waals surface area contributed by atoms with Crippen LogP contribution in [0.2, 0.25) is 0 Å². The standard InChI is InChI=1S/C19H25BrO/c1-13(2)19(4)12-11-14(3)17(18(19)21)10-7-15-5-8-16(20)9-6-15/h5-10,13-14,17H,11-12H2,1-4H3/b10-7+/t14-,17?,19+/m1/s1. The average Bonchev–Trinajstić information content (AvgIpc) is 2.45. The molecule has 0 N–H and O–H groups in total. The number of benzene rings is 1. The van der Waals surface area contributed by atoms with Gasteiger partial charge in [0.25, 0.3) is 0 Å². The van der Waals surface area contributed by atoms with Crippen LogP contribution in [0.3, 0.4) is 0 Å². The van der Waals surface area contributed by atoms with E-state index in [0.717, 1.165) is 22.9 Å². The summed E-state index contributed by atoms with van der Waals surface area (Å²) < 4.78 is 1.08. The molecule has 1 aromatic carbocycles. The number of halogens is 1. The molecule has 21 heavy (non-hydrogen) atoms. The summed E-state index contributed by atoms with van der Waals surface area (Å²) in [5, 5.41) is 0. The minimum atomic E-state index is -0.165. The molecule has 114 valence electrons. The normalized spacial score (nSPS) is 30.3. The molecule has 0 radical (unpaired) electrons. The Hall–Kier alpha value is -0.890. The van der Waals surface area contributed by atoms with Crippen LogP contribution in [0, 0.1) is 23.2 Å². The van der Waals surface area contributed by atoms with E-state index in [1.54, 1.807) is 0 Å². The first kappa shape index (κ1) is 16.5. The highest BCUT2D eigenvalue weighted by Crippen LogP contribution is 2.44. The molecule has 0 aromatic heterocycles. The quantitative estimate of drug-likeness (QED) is 0.680. The molecular formula is C19H25BrO. The molecule has 1 unspecified atom stereocenters. The van der Waals surface area contributed by atoms with Crippen molar-refractivity contribution in [3.8, 4) is 0 Å². The van der Waals surface area contributed by atoms with Gasteiger partial charge in [-0.25, -0.2) is 0 Å². The van der Waals surface area contributed by atoms with Gasteiger partial charge < -0.3 is 0 Å². The Morgan fingerprint density at radius 3 is 2.48 bits per heavy atom. The summed E-state index contributed by atoms with van der Waals surface area (Å²) in [6, 6.07) is 8.20. The van der Waals surface area contributed by atoms with Crippen LogP contribution in [-0.2, 0) is 4.79 Å². The predicted molar refractivity (Wildman–Crippen MR) is 93.0 cm³/mol. The van der Waals surface area contributed by atoms with E-state index in [4.69, 9.17) is 0 Å². The minimum Gasteiger partial charge on any atom is -0.298 e. The number of ketones is 1. The first-order valence-corrected chi connectivity index (χ1v) is 8.62. The van der Waals surface area contributed by atoms with Crippen LogP contribution >= 0.6 is 15.9 Å². The Kier molecular flexibility index (Phi) is 5.08. The van der Waals surface area contributed by atoms with Gasteiger partial charge in [0.05, 0.1) is 0 Å². The zero-order chi connectivity index (χ0) is 15.6. The van der Waals surface area contributed by atoms with Crippen LogP contribution in [0.5, 0.6) is 0 Å². The smallest absolute Gasteiger partial charge is 0.146 e. The molecular weight excluding hydrogens is 324 g/mol. The second kappa shape index (κ2) is 6.48. The molecule has 1 aromatic rings. The third-order valence-electron chi connectivity index (χ3n) is 5.24. The lowest BCUT2D eigenvalue weighted by molar-refractivity contribution is -0.138. The van der Waals surface area contributed by atoms with Crippen LogP contribution in [0.4, 0.5) is 0 Å². The lowest BCUT2D eigenvalue weighted by atomic mass is 9.61. The Morgan fingerprint density at radius 1 is 1.29 bits per heavy atom. The molecule has 0 heterocycles. The molecule has 0 bridgehead atoms. The maximum atomic E-state index is 12.9. The van der Waals surface area contributed by atoms with Gasteiger partial charge in [-0.2, -0.15) is 0 Å². The Morgan fingerprint density at radius 2 is 1.90 bits per heavy atom. The first-order chi connectivity index (χ1) is 9.84. The first-order valence-electron chi connectivity index (χ1n) is 7.82. The fourth-order valence-corrected chi connectivity index (χ4v) is 3.37. The van der Waals surface area contributed by atoms with Crippen molar-refractivity contribution in [1.82, 2.24) is 0 Å². The van der Waals surface area contributed by atoms with E-state index in [2.05, 4.69) is 67.9 Å². The Balaban J connectivity index is 2.20. The summed E-state index contributed by atoms with van der Waals surface area (Å²) >= 11 is 3.44. The highest BCUT2D eigenvalue weighted by molar-refractivity contribution is 9.10. The van der Waals surface area contributed by atoms with Gasteiger partial charge in [-0.1, -0.05) is 67.9 Å². The second-order valence-corrected chi connectivity index (χ2v) is 7.80. The lowest BCUT2D eigenvalue weighted by Gasteiger charge is -2.41. The number of hydrogen-bond donors (Lipinski definition) is 0. The highest BCUT2D eigenvalue weighted by atomic mass is 79.9. The number of allylic oxidation sites excluding steroid dienone is 1. The molecule has 1 nitrogen and oxygen atoms in total. The van der Waals surface area contributed by atoms with Gasteiger partial charge >= 0.3 is 0 Å². The van der Waals surface area contributed by atoms with Crippen molar-refractivity contribution in [1.29, 1.82) is 0 Å². The topological polar surface area (TPSA) is 17.1 Å². The van der Waals surface area contributed by atoms with Crippen LogP contribution < -0.4 is 0 Å². The van der Waals surface area contributed by atoms with Crippen molar-refractivity contribution in [2.45, 2.75) is 40.5 Å². The lowest BCUT2D eigenvalue weighted by Crippen LogP contribution is -2.43. The summed E-state index contributed by atoms with van der Waals surface area (Å²) in [6.45, 7) is 8.69. The van der Waals surface area contributed by atoms with Crippen molar-refractivity contribution >= 4 is 27.8 Å². The zero-order valence-electron chi connectivity index (χ0n) is 13.4. The molecule has 1 saturated carbocycles. The number of hydrogen-bond acceptors (Lipinski definition) is 1. The van der Waals surface area contributed by atoms with Crippen LogP contribution in [-0.4, -0.2) is 5.78 Å². The Labute approximate surface area is 137 Å². The van der Waals surface area contributed by atoms with Crippen molar-refractivity contribution in [2.24, 2.45) is 23.2 Å². The van der Waals surface area contributed by atoms with Gasteiger partial charge in [-0.3, -0.25) is 4.79 Å². The molecule has 2 rings (SSSR count). The number of Topliss-reactive ketones (excluding diaryl/α,β-unsaturated/α-hetero) is 1. The molecule has 1 aliphatic carbocycles. The molecule has 2 heteroatoms. The third-order valence-corrected chi connectivity index (χ3v) is 5.77. The van der Waals surface area contributed by atoms with E-state index >= 15 is 0 Å². The van der Waals surface area contributed by atoms with Crippen molar-refractivity contribution in [3.63, 3.8) is 0 Å². The number of carbonyl (C=O) groups is 1. The van der Waals surface area contributed by atoms with E-state index in [1.807, 2.05) is 12.1 Å². The maximum Gasteiger partial charge on any atom is 0.146 e. The van der Waals surface area contributed by atoms with Crippen molar-refractivity contribution in [3.05, 3.63) is 40.4 Å². The van der Waals surface area contributed by atoms with Gasteiger partial charge in [-0.05, 0) is 42.4 Å². The summed E-state index contributed by atoms with van der Waals surface area (Å²) in [7, 11) is 0. The summed E-state index contributed by atoms with van der Waals surface area (Å²) in [4.78, 5) is 12.9. The van der Waals surface area contributed by atoms with Gasteiger partial charge in [0, 0.05) is 15.8 Å². The van der Waals surface area contributed by atoms with Gasteiger partial charge in [-0.15, -0.1) is 0 Å². The number of rotatable bonds is 3. The predicted octanol–water partition coefficient (Wildman–Crippen LogP) is 5.74. The summed E-state index contributed by atoms with van der Waals surface area (Å²) in [5.74, 6) is 1.32. The van der Waals surface area contributed by atoms with E-state index in [0.29, 0.717) is 17.6 Å². The molecule has 3 atom stereocenters. The fraction of sp³-hybridized carbons (Fsp3) is 0.526. The van der Waals surface area contributed by atoms with Crippen molar-refractivity contribution < 1.29 is 4.79 Å². The van der Waals surface area contributed by atoms with E-state index < -0.39 is 0 Å². The van der Waals surface area contributed by atoms with Crippen molar-refractivity contribution in [2.75, 3.05) is 0 Å². The molecule has 0 saturated heterocycles. The average molecular weight is 349 g/mol. The van der Waals surface area contributed by atoms with Crippen LogP contribution in [0.1, 0.15) is 46.1 Å².